The predicted octanol–water partition coefficient (Wildman–Crippen LogP) is 3.81. The van der Waals surface area contributed by atoms with Gasteiger partial charge in [-0.1, -0.05) is 35.9 Å². The van der Waals surface area contributed by atoms with Crippen LogP contribution in [0.1, 0.15) is 11.1 Å². The summed E-state index contributed by atoms with van der Waals surface area (Å²) in [7, 11) is 3.32. The van der Waals surface area contributed by atoms with E-state index in [2.05, 4.69) is 36.5 Å². The number of hydrogen-bond acceptors (Lipinski definition) is 3. The molecule has 0 fully saturated rings. The third-order valence-electron chi connectivity index (χ3n) is 3.43. The lowest BCUT2D eigenvalue weighted by atomic mass is 10.1. The van der Waals surface area contributed by atoms with E-state index in [1.807, 2.05) is 24.3 Å². The van der Waals surface area contributed by atoms with Crippen molar-refractivity contribution in [3.63, 3.8) is 0 Å². The van der Waals surface area contributed by atoms with Gasteiger partial charge >= 0.3 is 0 Å². The molecular formula is C18H22N2O2S. The molecule has 0 heterocycles. The van der Waals surface area contributed by atoms with Crippen molar-refractivity contribution in [3.05, 3.63) is 59.7 Å². The van der Waals surface area contributed by atoms with Crippen LogP contribution in [0.2, 0.25) is 0 Å². The van der Waals surface area contributed by atoms with Crippen LogP contribution in [-0.4, -0.2) is 30.9 Å². The minimum Gasteiger partial charge on any atom is -0.493 e. The molecule has 122 valence electrons. The maximum atomic E-state index is 5.82. The second kappa shape index (κ2) is 8.50. The second-order valence-corrected chi connectivity index (χ2v) is 5.61. The minimum atomic E-state index is 0.490. The van der Waals surface area contributed by atoms with Crippen LogP contribution in [0.4, 0.5) is 5.69 Å². The van der Waals surface area contributed by atoms with E-state index in [1.165, 1.54) is 16.2 Å². The highest BCUT2D eigenvalue weighted by Gasteiger charge is 2.04. The summed E-state index contributed by atoms with van der Waals surface area (Å²) in [6, 6.07) is 16.2. The number of hydrogen-bond donors (Lipinski definition) is 1. The van der Waals surface area contributed by atoms with Gasteiger partial charge in [0, 0.05) is 25.2 Å². The summed E-state index contributed by atoms with van der Waals surface area (Å²) >= 11 is 5.21. The zero-order valence-corrected chi connectivity index (χ0v) is 14.5. The van der Waals surface area contributed by atoms with Gasteiger partial charge in [-0.05, 0) is 36.8 Å². The van der Waals surface area contributed by atoms with Crippen LogP contribution in [0, 0.1) is 6.92 Å². The second-order valence-electron chi connectivity index (χ2n) is 5.22. The quantitative estimate of drug-likeness (QED) is 0.643. The Bertz CT molecular complexity index is 644. The standard InChI is InChI=1S/C18H22N2O2S/c1-14-7-9-15(10-8-14)11-12-22-17-6-4-5-16(13-17)19-18(23)20(2)21-3/h4-10,13H,11-12H2,1-3H3,(H,19,23). The molecular weight excluding hydrogens is 308 g/mol. The molecule has 0 aromatic heterocycles. The predicted molar refractivity (Wildman–Crippen MR) is 97.8 cm³/mol. The number of anilines is 1. The molecule has 5 heteroatoms. The summed E-state index contributed by atoms with van der Waals surface area (Å²) in [6.45, 7) is 2.72. The first-order valence-corrected chi connectivity index (χ1v) is 7.86. The summed E-state index contributed by atoms with van der Waals surface area (Å²) in [6.07, 6.45) is 0.878. The van der Waals surface area contributed by atoms with Gasteiger partial charge in [-0.25, -0.2) is 5.06 Å². The van der Waals surface area contributed by atoms with E-state index in [0.717, 1.165) is 17.9 Å². The fraction of sp³-hybridized carbons (Fsp3) is 0.278. The van der Waals surface area contributed by atoms with Crippen molar-refractivity contribution < 1.29 is 9.57 Å². The largest absolute Gasteiger partial charge is 0.493 e. The van der Waals surface area contributed by atoms with Gasteiger partial charge in [-0.3, -0.25) is 4.84 Å². The molecule has 0 unspecified atom stereocenters. The van der Waals surface area contributed by atoms with E-state index in [4.69, 9.17) is 21.8 Å². The molecule has 0 amide bonds. The Morgan fingerprint density at radius 3 is 2.61 bits per heavy atom. The molecule has 23 heavy (non-hydrogen) atoms. The Kier molecular flexibility index (Phi) is 6.38. The van der Waals surface area contributed by atoms with Crippen molar-refractivity contribution in [2.24, 2.45) is 0 Å². The number of ether oxygens (including phenoxy) is 1. The molecule has 0 aliphatic carbocycles. The van der Waals surface area contributed by atoms with Crippen molar-refractivity contribution >= 4 is 23.0 Å². The maximum absolute atomic E-state index is 5.82. The fourth-order valence-electron chi connectivity index (χ4n) is 1.99. The van der Waals surface area contributed by atoms with Gasteiger partial charge in [0.15, 0.2) is 5.11 Å². The highest BCUT2D eigenvalue weighted by Crippen LogP contribution is 2.18. The number of rotatable bonds is 6. The van der Waals surface area contributed by atoms with Gasteiger partial charge in [0.25, 0.3) is 0 Å². The van der Waals surface area contributed by atoms with E-state index in [1.54, 1.807) is 14.2 Å². The van der Waals surface area contributed by atoms with E-state index in [9.17, 15) is 0 Å². The number of nitrogens with one attached hydrogen (secondary N) is 1. The summed E-state index contributed by atoms with van der Waals surface area (Å²) in [5.41, 5.74) is 3.41. The molecule has 0 saturated heterocycles. The van der Waals surface area contributed by atoms with Crippen LogP contribution < -0.4 is 10.1 Å². The lowest BCUT2D eigenvalue weighted by Gasteiger charge is -2.18. The van der Waals surface area contributed by atoms with Crippen LogP contribution in [-0.2, 0) is 11.3 Å². The van der Waals surface area contributed by atoms with Gasteiger partial charge in [0.2, 0.25) is 0 Å². The maximum Gasteiger partial charge on any atom is 0.197 e. The van der Waals surface area contributed by atoms with Crippen molar-refractivity contribution in [1.82, 2.24) is 5.06 Å². The third kappa shape index (κ3) is 5.54. The third-order valence-corrected chi connectivity index (χ3v) is 3.78. The Morgan fingerprint density at radius 2 is 1.91 bits per heavy atom. The van der Waals surface area contributed by atoms with Crippen molar-refractivity contribution in [2.75, 3.05) is 26.1 Å². The van der Waals surface area contributed by atoms with Gasteiger partial charge in [0.1, 0.15) is 5.75 Å². The van der Waals surface area contributed by atoms with Gasteiger partial charge in [0.05, 0.1) is 13.7 Å². The van der Waals surface area contributed by atoms with Crippen LogP contribution in [0.5, 0.6) is 5.75 Å². The first kappa shape index (κ1) is 17.2. The van der Waals surface area contributed by atoms with E-state index < -0.39 is 0 Å². The Hall–Kier alpha value is -2.11. The number of nitrogens with zero attached hydrogens (tertiary/aromatic N) is 1. The topological polar surface area (TPSA) is 33.7 Å². The van der Waals surface area contributed by atoms with Crippen molar-refractivity contribution in [1.29, 1.82) is 0 Å². The first-order chi connectivity index (χ1) is 11.1. The molecule has 0 bridgehead atoms. The number of benzene rings is 2. The molecule has 4 nitrogen and oxygen atoms in total. The van der Waals surface area contributed by atoms with Crippen molar-refractivity contribution in [2.45, 2.75) is 13.3 Å². The molecule has 0 radical (unpaired) electrons. The monoisotopic (exact) mass is 330 g/mol. The molecule has 2 aromatic rings. The lowest BCUT2D eigenvalue weighted by Crippen LogP contribution is -2.29. The van der Waals surface area contributed by atoms with Crippen LogP contribution >= 0.6 is 12.2 Å². The molecule has 1 N–H and O–H groups in total. The Morgan fingerprint density at radius 1 is 1.17 bits per heavy atom. The molecule has 0 aliphatic heterocycles. The van der Waals surface area contributed by atoms with Gasteiger partial charge < -0.3 is 10.1 Å². The van der Waals surface area contributed by atoms with Gasteiger partial charge in [-0.2, -0.15) is 0 Å². The van der Waals surface area contributed by atoms with Crippen LogP contribution in [0.25, 0.3) is 0 Å². The molecule has 0 saturated carbocycles. The summed E-state index contributed by atoms with van der Waals surface area (Å²) in [5.74, 6) is 0.810. The van der Waals surface area contributed by atoms with Crippen LogP contribution in [0.15, 0.2) is 48.5 Å². The zero-order chi connectivity index (χ0) is 16.7. The molecule has 2 rings (SSSR count). The average molecular weight is 330 g/mol. The SMILES string of the molecule is CON(C)C(=S)Nc1cccc(OCCc2ccc(C)cc2)c1. The first-order valence-electron chi connectivity index (χ1n) is 7.45. The number of aryl methyl sites for hydroxylation is 1. The van der Waals surface area contributed by atoms with Crippen molar-refractivity contribution in [3.8, 4) is 5.75 Å². The lowest BCUT2D eigenvalue weighted by molar-refractivity contribution is -0.0391. The average Bonchev–Trinajstić information content (AvgIpc) is 2.56. The van der Waals surface area contributed by atoms with E-state index in [-0.39, 0.29) is 0 Å². The highest BCUT2D eigenvalue weighted by molar-refractivity contribution is 7.80. The zero-order valence-electron chi connectivity index (χ0n) is 13.7. The Balaban J connectivity index is 1.87. The molecule has 2 aromatic carbocycles. The van der Waals surface area contributed by atoms with Crippen LogP contribution in [0.3, 0.4) is 0 Å². The van der Waals surface area contributed by atoms with E-state index >= 15 is 0 Å². The Labute approximate surface area is 143 Å². The molecule has 0 aliphatic rings. The molecule has 0 atom stereocenters. The summed E-state index contributed by atoms with van der Waals surface area (Å²) < 4.78 is 5.82. The smallest absolute Gasteiger partial charge is 0.197 e. The van der Waals surface area contributed by atoms with E-state index in [0.29, 0.717) is 11.7 Å². The minimum absolute atomic E-state index is 0.490. The fourth-order valence-corrected chi connectivity index (χ4v) is 2.18. The number of hydroxylamine groups is 2. The number of thiocarbonyl (C=S) groups is 1. The normalized spacial score (nSPS) is 10.2. The highest BCUT2D eigenvalue weighted by atomic mass is 32.1. The van der Waals surface area contributed by atoms with Gasteiger partial charge in [-0.15, -0.1) is 0 Å². The summed E-state index contributed by atoms with van der Waals surface area (Å²) in [5, 5.41) is 5.08. The summed E-state index contributed by atoms with van der Waals surface area (Å²) in [4.78, 5) is 5.04. The molecule has 0 spiro atoms.